The summed E-state index contributed by atoms with van der Waals surface area (Å²) in [5.41, 5.74) is 0. The Labute approximate surface area is 143 Å². The molecule has 23 heavy (non-hydrogen) atoms. The number of aliphatic imine (C=N–C) groups is 1. The molecular formula is C18H38N4O. The van der Waals surface area contributed by atoms with Gasteiger partial charge in [-0.2, -0.15) is 0 Å². The predicted molar refractivity (Wildman–Crippen MR) is 99.2 cm³/mol. The third-order valence-corrected chi connectivity index (χ3v) is 4.57. The van der Waals surface area contributed by atoms with Gasteiger partial charge in [-0.05, 0) is 39.7 Å². The van der Waals surface area contributed by atoms with Gasteiger partial charge in [-0.3, -0.25) is 9.89 Å². The fourth-order valence-corrected chi connectivity index (χ4v) is 3.08. The second-order valence-electron chi connectivity index (χ2n) is 6.63. The molecule has 1 fully saturated rings. The monoisotopic (exact) mass is 326 g/mol. The number of likely N-dealkylation sites (N-methyl/N-ethyl adjacent to an activating group) is 1. The molecule has 1 saturated carbocycles. The van der Waals surface area contributed by atoms with Crippen LogP contribution in [0.2, 0.25) is 0 Å². The molecule has 1 aliphatic carbocycles. The van der Waals surface area contributed by atoms with Crippen LogP contribution in [-0.4, -0.2) is 62.8 Å². The molecule has 0 saturated heterocycles. The molecule has 0 aromatic heterocycles. The smallest absolute Gasteiger partial charge is 0.191 e. The molecule has 2 N–H and O–H groups in total. The number of guanidine groups is 1. The number of ether oxygens (including phenoxy) is 1. The molecule has 0 aliphatic heterocycles. The molecule has 0 amide bonds. The Morgan fingerprint density at radius 1 is 1.17 bits per heavy atom. The van der Waals surface area contributed by atoms with Crippen LogP contribution in [0.3, 0.4) is 0 Å². The van der Waals surface area contributed by atoms with Gasteiger partial charge in [-0.25, -0.2) is 0 Å². The summed E-state index contributed by atoms with van der Waals surface area (Å²) in [6.07, 6.45) is 8.10. The second-order valence-corrected chi connectivity index (χ2v) is 6.63. The van der Waals surface area contributed by atoms with E-state index in [-0.39, 0.29) is 0 Å². The van der Waals surface area contributed by atoms with Crippen LogP contribution >= 0.6 is 0 Å². The molecule has 0 unspecified atom stereocenters. The zero-order valence-corrected chi connectivity index (χ0v) is 15.7. The first-order valence-electron chi connectivity index (χ1n) is 9.47. The molecule has 1 rings (SSSR count). The van der Waals surface area contributed by atoms with E-state index < -0.39 is 0 Å². The number of hydrogen-bond donors (Lipinski definition) is 2. The lowest BCUT2D eigenvalue weighted by atomic mass is 9.98. The van der Waals surface area contributed by atoms with E-state index in [4.69, 9.17) is 4.74 Å². The maximum atomic E-state index is 5.94. The molecule has 1 aliphatic rings. The zero-order chi connectivity index (χ0) is 16.9. The van der Waals surface area contributed by atoms with E-state index in [1.54, 1.807) is 0 Å². The summed E-state index contributed by atoms with van der Waals surface area (Å²) in [6.45, 7) is 11.5. The van der Waals surface area contributed by atoms with Crippen LogP contribution in [-0.2, 0) is 4.74 Å². The zero-order valence-electron chi connectivity index (χ0n) is 15.7. The number of nitrogens with one attached hydrogen (secondary N) is 2. The summed E-state index contributed by atoms with van der Waals surface area (Å²) in [5.74, 6) is 0.891. The van der Waals surface area contributed by atoms with Gasteiger partial charge in [-0.1, -0.05) is 26.2 Å². The largest absolute Gasteiger partial charge is 0.378 e. The SMILES string of the molecule is CCN(CCNC(=NC)NCCCOC1CCCCC1)C(C)C. The highest BCUT2D eigenvalue weighted by Crippen LogP contribution is 2.20. The number of rotatable bonds is 10. The van der Waals surface area contributed by atoms with Crippen LogP contribution < -0.4 is 10.6 Å². The van der Waals surface area contributed by atoms with Gasteiger partial charge in [0.2, 0.25) is 0 Å². The van der Waals surface area contributed by atoms with Crippen LogP contribution in [0.5, 0.6) is 0 Å². The van der Waals surface area contributed by atoms with Crippen molar-refractivity contribution in [3.8, 4) is 0 Å². The van der Waals surface area contributed by atoms with Crippen LogP contribution in [0.15, 0.2) is 4.99 Å². The maximum Gasteiger partial charge on any atom is 0.191 e. The van der Waals surface area contributed by atoms with Crippen molar-refractivity contribution in [3.05, 3.63) is 0 Å². The molecule has 136 valence electrons. The van der Waals surface area contributed by atoms with E-state index in [0.717, 1.165) is 45.2 Å². The summed E-state index contributed by atoms with van der Waals surface area (Å²) in [5, 5.41) is 6.75. The van der Waals surface area contributed by atoms with Crippen LogP contribution in [0.1, 0.15) is 59.3 Å². The standard InChI is InChI=1S/C18H38N4O/c1-5-22(16(2)3)14-13-21-18(19-4)20-12-9-15-23-17-10-7-6-8-11-17/h16-17H,5-15H2,1-4H3,(H2,19,20,21). The fraction of sp³-hybridized carbons (Fsp3) is 0.944. The highest BCUT2D eigenvalue weighted by molar-refractivity contribution is 5.79. The highest BCUT2D eigenvalue weighted by Gasteiger charge is 2.13. The molecule has 5 nitrogen and oxygen atoms in total. The average molecular weight is 327 g/mol. The first-order valence-corrected chi connectivity index (χ1v) is 9.47. The third kappa shape index (κ3) is 9.16. The summed E-state index contributed by atoms with van der Waals surface area (Å²) in [7, 11) is 1.83. The summed E-state index contributed by atoms with van der Waals surface area (Å²) in [6, 6.07) is 0.591. The van der Waals surface area contributed by atoms with Crippen molar-refractivity contribution >= 4 is 5.96 Å². The lowest BCUT2D eigenvalue weighted by Gasteiger charge is -2.25. The fourth-order valence-electron chi connectivity index (χ4n) is 3.08. The third-order valence-electron chi connectivity index (χ3n) is 4.57. The van der Waals surface area contributed by atoms with E-state index in [0.29, 0.717) is 12.1 Å². The Morgan fingerprint density at radius 2 is 1.87 bits per heavy atom. The van der Waals surface area contributed by atoms with Crippen LogP contribution in [0, 0.1) is 0 Å². The van der Waals surface area contributed by atoms with E-state index in [9.17, 15) is 0 Å². The lowest BCUT2D eigenvalue weighted by Crippen LogP contribution is -2.43. The number of nitrogens with zero attached hydrogens (tertiary/aromatic N) is 2. The van der Waals surface area contributed by atoms with Crippen LogP contribution in [0.4, 0.5) is 0 Å². The molecule has 0 radical (unpaired) electrons. The predicted octanol–water partition coefficient (Wildman–Crippen LogP) is 2.62. The van der Waals surface area contributed by atoms with Crippen molar-refractivity contribution < 1.29 is 4.74 Å². The molecule has 0 heterocycles. The summed E-state index contributed by atoms with van der Waals surface area (Å²) >= 11 is 0. The van der Waals surface area contributed by atoms with Gasteiger partial charge in [0.15, 0.2) is 5.96 Å². The van der Waals surface area contributed by atoms with Gasteiger partial charge in [0.1, 0.15) is 0 Å². The Morgan fingerprint density at radius 3 is 2.48 bits per heavy atom. The van der Waals surface area contributed by atoms with Gasteiger partial charge >= 0.3 is 0 Å². The molecule has 0 aromatic rings. The maximum absolute atomic E-state index is 5.94. The minimum absolute atomic E-state index is 0.511. The summed E-state index contributed by atoms with van der Waals surface area (Å²) in [4.78, 5) is 6.72. The Balaban J connectivity index is 2.05. The lowest BCUT2D eigenvalue weighted by molar-refractivity contribution is 0.0277. The summed E-state index contributed by atoms with van der Waals surface area (Å²) < 4.78 is 5.94. The molecule has 5 heteroatoms. The quantitative estimate of drug-likeness (QED) is 0.368. The molecule has 0 spiro atoms. The van der Waals surface area contributed by atoms with Gasteiger partial charge in [0.25, 0.3) is 0 Å². The Kier molecular flexibility index (Phi) is 11.1. The molecule has 0 aromatic carbocycles. The Bertz CT molecular complexity index is 314. The first kappa shape index (κ1) is 20.2. The topological polar surface area (TPSA) is 48.9 Å². The number of hydrogen-bond acceptors (Lipinski definition) is 3. The van der Waals surface area contributed by atoms with Gasteiger partial charge in [0, 0.05) is 39.3 Å². The van der Waals surface area contributed by atoms with E-state index in [1.807, 2.05) is 7.05 Å². The second kappa shape index (κ2) is 12.6. The van der Waals surface area contributed by atoms with Gasteiger partial charge in [-0.15, -0.1) is 0 Å². The average Bonchev–Trinajstić information content (AvgIpc) is 2.57. The van der Waals surface area contributed by atoms with Crippen molar-refractivity contribution in [2.75, 3.05) is 39.8 Å². The van der Waals surface area contributed by atoms with Crippen LogP contribution in [0.25, 0.3) is 0 Å². The van der Waals surface area contributed by atoms with E-state index in [2.05, 4.69) is 41.3 Å². The van der Waals surface area contributed by atoms with Crippen molar-refractivity contribution in [1.29, 1.82) is 0 Å². The van der Waals surface area contributed by atoms with Gasteiger partial charge < -0.3 is 15.4 Å². The highest BCUT2D eigenvalue weighted by atomic mass is 16.5. The van der Waals surface area contributed by atoms with Crippen molar-refractivity contribution in [2.45, 2.75) is 71.4 Å². The van der Waals surface area contributed by atoms with Gasteiger partial charge in [0.05, 0.1) is 6.10 Å². The molecule has 0 bridgehead atoms. The van der Waals surface area contributed by atoms with Crippen molar-refractivity contribution in [3.63, 3.8) is 0 Å². The minimum atomic E-state index is 0.511. The van der Waals surface area contributed by atoms with Crippen molar-refractivity contribution in [2.24, 2.45) is 4.99 Å². The minimum Gasteiger partial charge on any atom is -0.378 e. The van der Waals surface area contributed by atoms with E-state index in [1.165, 1.54) is 32.1 Å². The molecule has 0 atom stereocenters. The normalized spacial score (nSPS) is 17.0. The molecular weight excluding hydrogens is 288 g/mol. The Hall–Kier alpha value is -0.810. The van der Waals surface area contributed by atoms with E-state index >= 15 is 0 Å². The van der Waals surface area contributed by atoms with Crippen molar-refractivity contribution in [1.82, 2.24) is 15.5 Å². The first-order chi connectivity index (χ1) is 11.2.